The maximum absolute atomic E-state index is 13.1. The Kier molecular flexibility index (Phi) is 3.66. The van der Waals surface area contributed by atoms with Crippen molar-refractivity contribution >= 4 is 11.9 Å². The Morgan fingerprint density at radius 1 is 1.52 bits per heavy atom. The van der Waals surface area contributed by atoms with Crippen LogP contribution in [-0.2, 0) is 11.2 Å². The standard InChI is InChI=1S/C14H15FN4O2/c15-10-3-1-2-8(6-10)7-11-16-14(19-18-11)17-13(21)12(20)9-4-5-9/h1-3,6,9,12,20H,4-5,7H2,(H2,16,17,18,19,21). The number of carbonyl (C=O) groups is 1. The number of amides is 1. The lowest BCUT2D eigenvalue weighted by Gasteiger charge is -2.06. The molecule has 21 heavy (non-hydrogen) atoms. The second-order valence-corrected chi connectivity index (χ2v) is 5.18. The number of nitrogens with zero attached hydrogens (tertiary/aromatic N) is 2. The van der Waals surface area contributed by atoms with Crippen molar-refractivity contribution in [2.75, 3.05) is 5.32 Å². The highest BCUT2D eigenvalue weighted by molar-refractivity contribution is 5.92. The van der Waals surface area contributed by atoms with Crippen LogP contribution >= 0.6 is 0 Å². The van der Waals surface area contributed by atoms with Crippen LogP contribution in [0.2, 0.25) is 0 Å². The number of H-pyrrole nitrogens is 1. The number of benzene rings is 1. The first-order valence-electron chi connectivity index (χ1n) is 6.76. The molecular formula is C14H15FN4O2. The Hall–Kier alpha value is -2.28. The first-order valence-corrected chi connectivity index (χ1v) is 6.76. The molecule has 1 unspecified atom stereocenters. The van der Waals surface area contributed by atoms with E-state index < -0.39 is 12.0 Å². The van der Waals surface area contributed by atoms with Gasteiger partial charge in [-0.2, -0.15) is 4.98 Å². The summed E-state index contributed by atoms with van der Waals surface area (Å²) in [5.41, 5.74) is 0.752. The fraction of sp³-hybridized carbons (Fsp3) is 0.357. The minimum atomic E-state index is -1.00. The zero-order chi connectivity index (χ0) is 14.8. The van der Waals surface area contributed by atoms with Gasteiger partial charge < -0.3 is 5.11 Å². The van der Waals surface area contributed by atoms with Crippen molar-refractivity contribution in [3.8, 4) is 0 Å². The van der Waals surface area contributed by atoms with Gasteiger partial charge in [0.25, 0.3) is 5.91 Å². The number of aliphatic hydroxyl groups excluding tert-OH is 1. The third-order valence-electron chi connectivity index (χ3n) is 3.36. The highest BCUT2D eigenvalue weighted by atomic mass is 19.1. The molecule has 1 aromatic carbocycles. The quantitative estimate of drug-likeness (QED) is 0.772. The van der Waals surface area contributed by atoms with E-state index in [1.807, 2.05) is 0 Å². The molecule has 0 radical (unpaired) electrons. The van der Waals surface area contributed by atoms with Gasteiger partial charge in [-0.3, -0.25) is 15.2 Å². The van der Waals surface area contributed by atoms with Crippen molar-refractivity contribution in [2.24, 2.45) is 5.92 Å². The van der Waals surface area contributed by atoms with Gasteiger partial charge in [0.05, 0.1) is 0 Å². The molecule has 1 amide bonds. The number of halogens is 1. The van der Waals surface area contributed by atoms with Gasteiger partial charge in [-0.1, -0.05) is 12.1 Å². The van der Waals surface area contributed by atoms with Gasteiger partial charge in [-0.25, -0.2) is 4.39 Å². The lowest BCUT2D eigenvalue weighted by Crippen LogP contribution is -2.29. The summed E-state index contributed by atoms with van der Waals surface area (Å²) in [7, 11) is 0. The van der Waals surface area contributed by atoms with E-state index in [0.29, 0.717) is 12.2 Å². The maximum atomic E-state index is 13.1. The van der Waals surface area contributed by atoms with E-state index in [0.717, 1.165) is 18.4 Å². The number of hydrogen-bond donors (Lipinski definition) is 3. The molecule has 1 aromatic heterocycles. The predicted octanol–water partition coefficient (Wildman–Crippen LogP) is 1.24. The molecule has 0 spiro atoms. The lowest BCUT2D eigenvalue weighted by molar-refractivity contribution is -0.125. The van der Waals surface area contributed by atoms with Gasteiger partial charge in [0.2, 0.25) is 5.95 Å². The lowest BCUT2D eigenvalue weighted by atomic mass is 10.1. The largest absolute Gasteiger partial charge is 0.383 e. The van der Waals surface area contributed by atoms with Crippen LogP contribution < -0.4 is 5.32 Å². The number of nitrogens with one attached hydrogen (secondary N) is 2. The molecule has 1 aliphatic rings. The van der Waals surface area contributed by atoms with Gasteiger partial charge in [0, 0.05) is 6.42 Å². The zero-order valence-corrected chi connectivity index (χ0v) is 11.2. The Morgan fingerprint density at radius 2 is 2.33 bits per heavy atom. The van der Waals surface area contributed by atoms with Gasteiger partial charge in [0.15, 0.2) is 0 Å². The summed E-state index contributed by atoms with van der Waals surface area (Å²) in [6, 6.07) is 6.18. The van der Waals surface area contributed by atoms with E-state index in [1.54, 1.807) is 12.1 Å². The Bertz CT molecular complexity index is 654. The number of hydrogen-bond acceptors (Lipinski definition) is 4. The predicted molar refractivity (Wildman–Crippen MR) is 72.9 cm³/mol. The number of rotatable bonds is 5. The molecule has 0 bridgehead atoms. The number of anilines is 1. The van der Waals surface area contributed by atoms with Crippen molar-refractivity contribution in [1.29, 1.82) is 0 Å². The Labute approximate surface area is 120 Å². The van der Waals surface area contributed by atoms with Crippen molar-refractivity contribution in [3.05, 3.63) is 41.5 Å². The van der Waals surface area contributed by atoms with E-state index in [2.05, 4.69) is 20.5 Å². The minimum absolute atomic E-state index is 0.0516. The highest BCUT2D eigenvalue weighted by Crippen LogP contribution is 2.32. The van der Waals surface area contributed by atoms with Crippen molar-refractivity contribution in [2.45, 2.75) is 25.4 Å². The summed E-state index contributed by atoms with van der Waals surface area (Å²) in [6.45, 7) is 0. The van der Waals surface area contributed by atoms with Gasteiger partial charge in [0.1, 0.15) is 17.7 Å². The normalized spacial score (nSPS) is 15.7. The summed E-state index contributed by atoms with van der Waals surface area (Å²) in [6.07, 6.45) is 1.11. The number of aliphatic hydroxyl groups is 1. The van der Waals surface area contributed by atoms with E-state index in [9.17, 15) is 14.3 Å². The SMILES string of the molecule is O=C(Nc1n[nH]c(Cc2cccc(F)c2)n1)C(O)C1CC1. The van der Waals surface area contributed by atoms with E-state index in [-0.39, 0.29) is 17.7 Å². The van der Waals surface area contributed by atoms with Crippen LogP contribution in [0.25, 0.3) is 0 Å². The van der Waals surface area contributed by atoms with Crippen LogP contribution in [0.4, 0.5) is 10.3 Å². The summed E-state index contributed by atoms with van der Waals surface area (Å²) in [5, 5.41) is 18.7. The van der Waals surface area contributed by atoms with Gasteiger partial charge >= 0.3 is 0 Å². The van der Waals surface area contributed by atoms with Crippen molar-refractivity contribution in [3.63, 3.8) is 0 Å². The van der Waals surface area contributed by atoms with Crippen LogP contribution in [-0.4, -0.2) is 32.3 Å². The van der Waals surface area contributed by atoms with E-state index in [1.165, 1.54) is 12.1 Å². The van der Waals surface area contributed by atoms with Crippen LogP contribution in [0.5, 0.6) is 0 Å². The van der Waals surface area contributed by atoms with E-state index >= 15 is 0 Å². The van der Waals surface area contributed by atoms with Crippen LogP contribution in [0.3, 0.4) is 0 Å². The molecular weight excluding hydrogens is 275 g/mol. The Morgan fingerprint density at radius 3 is 3.05 bits per heavy atom. The first-order chi connectivity index (χ1) is 10.1. The molecule has 3 rings (SSSR count). The molecule has 1 aliphatic carbocycles. The molecule has 1 fully saturated rings. The van der Waals surface area contributed by atoms with Crippen LogP contribution in [0, 0.1) is 11.7 Å². The monoisotopic (exact) mass is 290 g/mol. The summed E-state index contributed by atoms with van der Waals surface area (Å²) >= 11 is 0. The maximum Gasteiger partial charge on any atom is 0.255 e. The second-order valence-electron chi connectivity index (χ2n) is 5.18. The average molecular weight is 290 g/mol. The first kappa shape index (κ1) is 13.7. The summed E-state index contributed by atoms with van der Waals surface area (Å²) < 4.78 is 13.1. The summed E-state index contributed by atoms with van der Waals surface area (Å²) in [5.74, 6) is -0.125. The second kappa shape index (κ2) is 5.61. The van der Waals surface area contributed by atoms with Crippen molar-refractivity contribution in [1.82, 2.24) is 15.2 Å². The van der Waals surface area contributed by atoms with Gasteiger partial charge in [-0.15, -0.1) is 5.10 Å². The minimum Gasteiger partial charge on any atom is -0.383 e. The zero-order valence-electron chi connectivity index (χ0n) is 11.2. The smallest absolute Gasteiger partial charge is 0.255 e. The summed E-state index contributed by atoms with van der Waals surface area (Å²) in [4.78, 5) is 15.8. The Balaban J connectivity index is 1.62. The fourth-order valence-corrected chi connectivity index (χ4v) is 2.08. The molecule has 1 atom stereocenters. The molecule has 6 nitrogen and oxygen atoms in total. The molecule has 0 aliphatic heterocycles. The number of aromatic amines is 1. The van der Waals surface area contributed by atoms with E-state index in [4.69, 9.17) is 0 Å². The third-order valence-corrected chi connectivity index (χ3v) is 3.36. The molecule has 0 saturated heterocycles. The topological polar surface area (TPSA) is 90.9 Å². The molecule has 7 heteroatoms. The number of carbonyl (C=O) groups excluding carboxylic acids is 1. The molecule has 1 saturated carbocycles. The van der Waals surface area contributed by atoms with Crippen LogP contribution in [0.1, 0.15) is 24.2 Å². The average Bonchev–Trinajstić information content (AvgIpc) is 3.21. The van der Waals surface area contributed by atoms with Crippen LogP contribution in [0.15, 0.2) is 24.3 Å². The molecule has 2 aromatic rings. The molecule has 1 heterocycles. The highest BCUT2D eigenvalue weighted by Gasteiger charge is 2.34. The fourth-order valence-electron chi connectivity index (χ4n) is 2.08. The van der Waals surface area contributed by atoms with Crippen molar-refractivity contribution < 1.29 is 14.3 Å². The molecule has 110 valence electrons. The molecule has 3 N–H and O–H groups in total. The third kappa shape index (κ3) is 3.43. The van der Waals surface area contributed by atoms with Gasteiger partial charge in [-0.05, 0) is 36.5 Å². The number of aromatic nitrogens is 3.